The fourth-order valence-electron chi connectivity index (χ4n) is 1.02. The minimum Gasteiger partial charge on any atom is -0.324 e. The first-order chi connectivity index (χ1) is 7.40. The van der Waals surface area contributed by atoms with Crippen LogP contribution in [0.4, 0.5) is 11.4 Å². The molecule has 86 valence electrons. The summed E-state index contributed by atoms with van der Waals surface area (Å²) in [5, 5.41) is 5.07. The van der Waals surface area contributed by atoms with Gasteiger partial charge in [0.15, 0.2) is 10.3 Å². The van der Waals surface area contributed by atoms with Crippen LogP contribution >= 0.6 is 23.2 Å². The van der Waals surface area contributed by atoms with Gasteiger partial charge in [0.2, 0.25) is 11.8 Å². The van der Waals surface area contributed by atoms with Crippen molar-refractivity contribution in [2.24, 2.45) is 0 Å². The lowest BCUT2D eigenvalue weighted by molar-refractivity contribution is -0.115. The zero-order chi connectivity index (χ0) is 12.3. The van der Waals surface area contributed by atoms with Crippen molar-refractivity contribution in [2.75, 3.05) is 10.6 Å². The Morgan fingerprint density at radius 1 is 1.06 bits per heavy atom. The zero-order valence-electron chi connectivity index (χ0n) is 8.60. The molecule has 2 N–H and O–H groups in total. The molecule has 1 heterocycles. The summed E-state index contributed by atoms with van der Waals surface area (Å²) in [6.45, 7) is 2.67. The highest BCUT2D eigenvalue weighted by Gasteiger charge is 2.10. The zero-order valence-corrected chi connectivity index (χ0v) is 10.1. The number of hydrogen-bond acceptors (Lipinski definition) is 3. The molecular weight excluding hydrogens is 253 g/mol. The van der Waals surface area contributed by atoms with E-state index in [9.17, 15) is 9.59 Å². The summed E-state index contributed by atoms with van der Waals surface area (Å²) < 4.78 is 0. The summed E-state index contributed by atoms with van der Waals surface area (Å²) in [6, 6.07) is 1.44. The van der Waals surface area contributed by atoms with Crippen molar-refractivity contribution in [3.8, 4) is 0 Å². The van der Waals surface area contributed by atoms with Crippen molar-refractivity contribution < 1.29 is 9.59 Å². The maximum absolute atomic E-state index is 10.9. The second kappa shape index (κ2) is 5.14. The van der Waals surface area contributed by atoms with Crippen molar-refractivity contribution in [2.45, 2.75) is 13.8 Å². The molecule has 0 atom stereocenters. The Bertz CT molecular complexity index is 411. The van der Waals surface area contributed by atoms with Crippen LogP contribution in [-0.4, -0.2) is 16.8 Å². The van der Waals surface area contributed by atoms with Crippen LogP contribution in [0, 0.1) is 0 Å². The van der Waals surface area contributed by atoms with E-state index < -0.39 is 0 Å². The second-order valence-electron chi connectivity index (χ2n) is 3.03. The smallest absolute Gasteiger partial charge is 0.221 e. The van der Waals surface area contributed by atoms with Gasteiger partial charge in [-0.25, -0.2) is 4.98 Å². The van der Waals surface area contributed by atoms with Crippen LogP contribution in [0.3, 0.4) is 0 Å². The minimum atomic E-state index is -0.292. The molecule has 0 aromatic carbocycles. The Hall–Kier alpha value is -1.33. The normalized spacial score (nSPS) is 9.75. The number of pyridine rings is 1. The van der Waals surface area contributed by atoms with E-state index in [2.05, 4.69) is 15.6 Å². The van der Waals surface area contributed by atoms with Crippen molar-refractivity contribution in [3.05, 3.63) is 16.4 Å². The van der Waals surface area contributed by atoms with Crippen LogP contribution in [0.15, 0.2) is 6.07 Å². The lowest BCUT2D eigenvalue weighted by Crippen LogP contribution is -2.10. The summed E-state index contributed by atoms with van der Waals surface area (Å²) in [5.41, 5.74) is 0.588. The number of carbonyl (C=O) groups excluding carboxylic acids is 2. The van der Waals surface area contributed by atoms with Crippen LogP contribution in [0.2, 0.25) is 10.3 Å². The quantitative estimate of drug-likeness (QED) is 0.803. The van der Waals surface area contributed by atoms with Gasteiger partial charge in [-0.15, -0.1) is 0 Å². The standard InChI is InChI=1S/C9H9Cl2N3O2/c1-4(15)12-6-3-7(13-5(2)16)9(11)14-8(6)10/h3H,1-2H3,(H,12,15)(H,13,16). The van der Waals surface area contributed by atoms with E-state index in [1.807, 2.05) is 0 Å². The predicted molar refractivity (Wildman–Crippen MR) is 62.9 cm³/mol. The summed E-state index contributed by atoms with van der Waals surface area (Å²) in [7, 11) is 0. The first-order valence-electron chi connectivity index (χ1n) is 4.31. The summed E-state index contributed by atoms with van der Waals surface area (Å²) in [6.07, 6.45) is 0. The lowest BCUT2D eigenvalue weighted by atomic mass is 10.3. The Labute approximate surface area is 102 Å². The predicted octanol–water partition coefficient (Wildman–Crippen LogP) is 2.31. The van der Waals surface area contributed by atoms with Crippen molar-refractivity contribution in [1.82, 2.24) is 4.98 Å². The van der Waals surface area contributed by atoms with Crippen molar-refractivity contribution in [1.29, 1.82) is 0 Å². The number of carbonyl (C=O) groups is 2. The summed E-state index contributed by atoms with van der Waals surface area (Å²) in [5.74, 6) is -0.584. The number of anilines is 2. The van der Waals surface area contributed by atoms with Gasteiger partial charge in [0, 0.05) is 13.8 Å². The fraction of sp³-hybridized carbons (Fsp3) is 0.222. The highest BCUT2D eigenvalue weighted by atomic mass is 35.5. The van der Waals surface area contributed by atoms with Gasteiger partial charge < -0.3 is 10.6 Å². The van der Waals surface area contributed by atoms with Gasteiger partial charge in [-0.1, -0.05) is 23.2 Å². The number of halogens is 2. The number of rotatable bonds is 2. The summed E-state index contributed by atoms with van der Waals surface area (Å²) >= 11 is 11.5. The molecule has 0 aliphatic carbocycles. The van der Waals surface area contributed by atoms with E-state index in [1.165, 1.54) is 19.9 Å². The van der Waals surface area contributed by atoms with Gasteiger partial charge in [0.25, 0.3) is 0 Å². The average Bonchev–Trinajstić information content (AvgIpc) is 2.11. The third kappa shape index (κ3) is 3.36. The van der Waals surface area contributed by atoms with Gasteiger partial charge in [-0.05, 0) is 6.07 Å². The molecule has 7 heteroatoms. The summed E-state index contributed by atoms with van der Waals surface area (Å²) in [4.78, 5) is 25.5. The van der Waals surface area contributed by atoms with E-state index in [0.29, 0.717) is 11.4 Å². The van der Waals surface area contributed by atoms with Gasteiger partial charge in [-0.3, -0.25) is 9.59 Å². The van der Waals surface area contributed by atoms with E-state index in [4.69, 9.17) is 23.2 Å². The molecule has 0 radical (unpaired) electrons. The van der Waals surface area contributed by atoms with E-state index >= 15 is 0 Å². The molecule has 0 unspecified atom stereocenters. The van der Waals surface area contributed by atoms with Crippen molar-refractivity contribution in [3.63, 3.8) is 0 Å². The van der Waals surface area contributed by atoms with E-state index in [1.54, 1.807) is 0 Å². The minimum absolute atomic E-state index is 0.0642. The Morgan fingerprint density at radius 2 is 1.44 bits per heavy atom. The molecule has 0 aliphatic heterocycles. The number of hydrogen-bond donors (Lipinski definition) is 2. The van der Waals surface area contributed by atoms with Crippen LogP contribution in [0.1, 0.15) is 13.8 Å². The van der Waals surface area contributed by atoms with E-state index in [-0.39, 0.29) is 22.1 Å². The maximum Gasteiger partial charge on any atom is 0.221 e. The Kier molecular flexibility index (Phi) is 4.09. The number of amides is 2. The molecule has 0 bridgehead atoms. The third-order valence-electron chi connectivity index (χ3n) is 1.55. The van der Waals surface area contributed by atoms with Gasteiger partial charge >= 0.3 is 0 Å². The molecule has 0 fully saturated rings. The molecule has 0 spiro atoms. The van der Waals surface area contributed by atoms with Crippen LogP contribution in [0.5, 0.6) is 0 Å². The topological polar surface area (TPSA) is 71.1 Å². The first-order valence-corrected chi connectivity index (χ1v) is 5.07. The van der Waals surface area contributed by atoms with Crippen LogP contribution in [0.25, 0.3) is 0 Å². The largest absolute Gasteiger partial charge is 0.324 e. The average molecular weight is 262 g/mol. The molecule has 0 saturated heterocycles. The lowest BCUT2D eigenvalue weighted by Gasteiger charge is -2.09. The van der Waals surface area contributed by atoms with Crippen LogP contribution < -0.4 is 10.6 Å². The molecule has 1 aromatic heterocycles. The Balaban J connectivity index is 3.10. The molecule has 0 saturated carbocycles. The number of nitrogens with zero attached hydrogens (tertiary/aromatic N) is 1. The molecule has 2 amide bonds. The monoisotopic (exact) mass is 261 g/mol. The van der Waals surface area contributed by atoms with E-state index in [0.717, 1.165) is 0 Å². The molecule has 5 nitrogen and oxygen atoms in total. The Morgan fingerprint density at radius 3 is 1.75 bits per heavy atom. The molecule has 1 rings (SSSR count). The molecule has 1 aromatic rings. The third-order valence-corrected chi connectivity index (χ3v) is 2.13. The molecular formula is C9H9Cl2N3O2. The number of nitrogens with one attached hydrogen (secondary N) is 2. The molecule has 16 heavy (non-hydrogen) atoms. The number of aromatic nitrogens is 1. The van der Waals surface area contributed by atoms with Gasteiger partial charge in [0.05, 0.1) is 11.4 Å². The highest BCUT2D eigenvalue weighted by molar-refractivity contribution is 6.36. The van der Waals surface area contributed by atoms with Gasteiger partial charge in [0.1, 0.15) is 0 Å². The van der Waals surface area contributed by atoms with Crippen molar-refractivity contribution >= 4 is 46.4 Å². The second-order valence-corrected chi connectivity index (χ2v) is 3.74. The maximum atomic E-state index is 10.9. The van der Waals surface area contributed by atoms with Crippen LogP contribution in [-0.2, 0) is 9.59 Å². The van der Waals surface area contributed by atoms with Gasteiger partial charge in [-0.2, -0.15) is 0 Å². The fourth-order valence-corrected chi connectivity index (χ4v) is 1.44. The first kappa shape index (κ1) is 12.7. The highest BCUT2D eigenvalue weighted by Crippen LogP contribution is 2.29. The SMILES string of the molecule is CC(=O)Nc1cc(NC(C)=O)c(Cl)nc1Cl. The molecule has 0 aliphatic rings.